The summed E-state index contributed by atoms with van der Waals surface area (Å²) in [7, 11) is 0. The Labute approximate surface area is 135 Å². The lowest BCUT2D eigenvalue weighted by Crippen LogP contribution is -2.39. The van der Waals surface area contributed by atoms with Crippen LogP contribution in [-0.2, 0) is 17.6 Å². The zero-order valence-electron chi connectivity index (χ0n) is 12.3. The Morgan fingerprint density at radius 1 is 1.18 bits per heavy atom. The number of nitrogens with one attached hydrogen (secondary N) is 2. The minimum absolute atomic E-state index is 0.00189. The summed E-state index contributed by atoms with van der Waals surface area (Å²) in [5.74, 6) is -0.00189. The van der Waals surface area contributed by atoms with Crippen LogP contribution in [0.15, 0.2) is 48.5 Å². The lowest BCUT2D eigenvalue weighted by molar-refractivity contribution is -0.120. The van der Waals surface area contributed by atoms with Gasteiger partial charge in [-0.1, -0.05) is 54.1 Å². The molecule has 1 unspecified atom stereocenters. The Bertz CT molecular complexity index is 672. The van der Waals surface area contributed by atoms with Gasteiger partial charge in [0.2, 0.25) is 5.91 Å². The summed E-state index contributed by atoms with van der Waals surface area (Å²) in [5.41, 5.74) is 3.51. The fourth-order valence-corrected chi connectivity index (χ4v) is 3.07. The summed E-state index contributed by atoms with van der Waals surface area (Å²) in [6.45, 7) is 1.54. The maximum absolute atomic E-state index is 12.1. The van der Waals surface area contributed by atoms with Gasteiger partial charge in [0.05, 0.1) is 6.42 Å². The highest BCUT2D eigenvalue weighted by Crippen LogP contribution is 2.22. The highest BCUT2D eigenvalue weighted by atomic mass is 35.5. The third kappa shape index (κ3) is 3.49. The molecular formula is C18H19ClN2O. The molecule has 22 heavy (non-hydrogen) atoms. The first-order chi connectivity index (χ1) is 10.7. The molecule has 1 amide bonds. The van der Waals surface area contributed by atoms with Crippen LogP contribution in [0, 0.1) is 0 Å². The minimum atomic E-state index is -0.00189. The number of carbonyl (C=O) groups is 1. The summed E-state index contributed by atoms with van der Waals surface area (Å²) >= 11 is 6.09. The van der Waals surface area contributed by atoms with E-state index in [-0.39, 0.29) is 11.9 Å². The van der Waals surface area contributed by atoms with E-state index in [1.54, 1.807) is 0 Å². The van der Waals surface area contributed by atoms with Crippen LogP contribution in [0.2, 0.25) is 5.02 Å². The maximum Gasteiger partial charge on any atom is 0.224 e. The Morgan fingerprint density at radius 2 is 1.95 bits per heavy atom. The van der Waals surface area contributed by atoms with Crippen molar-refractivity contribution in [3.05, 3.63) is 70.2 Å². The topological polar surface area (TPSA) is 41.1 Å². The monoisotopic (exact) mass is 314 g/mol. The highest BCUT2D eigenvalue weighted by Gasteiger charge is 2.19. The Hall–Kier alpha value is -1.84. The number of halogens is 1. The van der Waals surface area contributed by atoms with Crippen molar-refractivity contribution in [3.63, 3.8) is 0 Å². The van der Waals surface area contributed by atoms with E-state index in [1.807, 2.05) is 30.3 Å². The van der Waals surface area contributed by atoms with Crippen molar-refractivity contribution < 1.29 is 4.79 Å². The first kappa shape index (κ1) is 15.1. The van der Waals surface area contributed by atoms with Crippen LogP contribution in [0.25, 0.3) is 0 Å². The average Bonchev–Trinajstić information content (AvgIpc) is 2.55. The molecule has 3 nitrogen and oxygen atoms in total. The molecule has 4 heteroatoms. The van der Waals surface area contributed by atoms with Gasteiger partial charge in [-0.15, -0.1) is 0 Å². The molecule has 0 saturated carbocycles. The summed E-state index contributed by atoms with van der Waals surface area (Å²) in [5, 5.41) is 7.11. The summed E-state index contributed by atoms with van der Waals surface area (Å²) in [4.78, 5) is 12.1. The zero-order chi connectivity index (χ0) is 15.4. The van der Waals surface area contributed by atoms with Gasteiger partial charge in [-0.25, -0.2) is 0 Å². The molecule has 0 fully saturated rings. The Morgan fingerprint density at radius 3 is 2.82 bits per heavy atom. The van der Waals surface area contributed by atoms with Gasteiger partial charge in [-0.3, -0.25) is 4.79 Å². The second kappa shape index (κ2) is 6.95. The van der Waals surface area contributed by atoms with Crippen LogP contribution in [0.4, 0.5) is 0 Å². The summed E-state index contributed by atoms with van der Waals surface area (Å²) in [6, 6.07) is 16.0. The van der Waals surface area contributed by atoms with Crippen molar-refractivity contribution in [2.24, 2.45) is 0 Å². The van der Waals surface area contributed by atoms with Crippen molar-refractivity contribution in [1.29, 1.82) is 0 Å². The fraction of sp³-hybridized carbons (Fsp3) is 0.278. The van der Waals surface area contributed by atoms with Crippen molar-refractivity contribution in [2.75, 3.05) is 13.1 Å². The minimum Gasteiger partial charge on any atom is -0.354 e. The van der Waals surface area contributed by atoms with Gasteiger partial charge in [0.25, 0.3) is 0 Å². The molecule has 0 bridgehead atoms. The summed E-state index contributed by atoms with van der Waals surface area (Å²) in [6.07, 6.45) is 1.36. The number of benzene rings is 2. The maximum atomic E-state index is 12.1. The molecule has 0 aromatic heterocycles. The quantitative estimate of drug-likeness (QED) is 0.911. The number of carbonyl (C=O) groups excluding carboxylic acids is 1. The molecule has 0 spiro atoms. The first-order valence-corrected chi connectivity index (χ1v) is 7.93. The van der Waals surface area contributed by atoms with Gasteiger partial charge in [0.1, 0.15) is 0 Å². The fourth-order valence-electron chi connectivity index (χ4n) is 2.87. The normalized spacial score (nSPS) is 16.9. The van der Waals surface area contributed by atoms with E-state index >= 15 is 0 Å². The van der Waals surface area contributed by atoms with E-state index in [1.165, 1.54) is 11.1 Å². The molecule has 1 aliphatic rings. The van der Waals surface area contributed by atoms with Gasteiger partial charge in [0, 0.05) is 17.6 Å². The van der Waals surface area contributed by atoms with E-state index in [0.717, 1.165) is 18.5 Å². The second-order valence-corrected chi connectivity index (χ2v) is 5.93. The van der Waals surface area contributed by atoms with E-state index in [0.29, 0.717) is 18.0 Å². The predicted octanol–water partition coefficient (Wildman–Crippen LogP) is 2.89. The molecule has 1 atom stereocenters. The molecule has 1 heterocycles. The van der Waals surface area contributed by atoms with Crippen molar-refractivity contribution >= 4 is 17.5 Å². The molecule has 2 N–H and O–H groups in total. The van der Waals surface area contributed by atoms with Crippen molar-refractivity contribution in [3.8, 4) is 0 Å². The number of fused-ring (bicyclic) bond motifs is 1. The number of amides is 1. The van der Waals surface area contributed by atoms with Gasteiger partial charge in [-0.05, 0) is 35.7 Å². The van der Waals surface area contributed by atoms with Crippen LogP contribution in [0.5, 0.6) is 0 Å². The van der Waals surface area contributed by atoms with E-state index in [9.17, 15) is 4.79 Å². The molecule has 0 aliphatic carbocycles. The third-order valence-electron chi connectivity index (χ3n) is 4.03. The molecule has 3 rings (SSSR count). The van der Waals surface area contributed by atoms with Gasteiger partial charge in [-0.2, -0.15) is 0 Å². The molecule has 114 valence electrons. The van der Waals surface area contributed by atoms with E-state index in [4.69, 9.17) is 11.6 Å². The molecule has 0 radical (unpaired) electrons. The van der Waals surface area contributed by atoms with Gasteiger partial charge >= 0.3 is 0 Å². The van der Waals surface area contributed by atoms with Crippen LogP contribution < -0.4 is 10.6 Å². The van der Waals surface area contributed by atoms with Crippen LogP contribution in [-0.4, -0.2) is 19.0 Å². The third-order valence-corrected chi connectivity index (χ3v) is 4.40. The number of hydrogen-bond donors (Lipinski definition) is 2. The molecular weight excluding hydrogens is 296 g/mol. The largest absolute Gasteiger partial charge is 0.354 e. The predicted molar refractivity (Wildman–Crippen MR) is 89.1 cm³/mol. The highest BCUT2D eigenvalue weighted by molar-refractivity contribution is 6.31. The molecule has 2 aromatic carbocycles. The SMILES string of the molecule is O=C(Cc1ccccc1Cl)NCC1NCCc2ccccc21. The van der Waals surface area contributed by atoms with Crippen molar-refractivity contribution in [1.82, 2.24) is 10.6 Å². The smallest absolute Gasteiger partial charge is 0.224 e. The second-order valence-electron chi connectivity index (χ2n) is 5.53. The van der Waals surface area contributed by atoms with Crippen molar-refractivity contribution in [2.45, 2.75) is 18.9 Å². The van der Waals surface area contributed by atoms with Crippen LogP contribution >= 0.6 is 11.6 Å². The Kier molecular flexibility index (Phi) is 4.76. The number of rotatable bonds is 4. The molecule has 0 saturated heterocycles. The van der Waals surface area contributed by atoms with Crippen LogP contribution in [0.3, 0.4) is 0 Å². The van der Waals surface area contributed by atoms with Crippen LogP contribution in [0.1, 0.15) is 22.7 Å². The molecule has 2 aromatic rings. The summed E-state index contributed by atoms with van der Waals surface area (Å²) < 4.78 is 0. The number of hydrogen-bond acceptors (Lipinski definition) is 2. The first-order valence-electron chi connectivity index (χ1n) is 7.55. The average molecular weight is 315 g/mol. The van der Waals surface area contributed by atoms with E-state index < -0.39 is 0 Å². The molecule has 1 aliphatic heterocycles. The zero-order valence-corrected chi connectivity index (χ0v) is 13.1. The standard InChI is InChI=1S/C18H19ClN2O/c19-16-8-4-2-6-14(16)11-18(22)21-12-17-15-7-3-1-5-13(15)9-10-20-17/h1-8,17,20H,9-12H2,(H,21,22). The Balaban J connectivity index is 1.59. The van der Waals surface area contributed by atoms with Gasteiger partial charge in [0.15, 0.2) is 0 Å². The lowest BCUT2D eigenvalue weighted by Gasteiger charge is -2.27. The van der Waals surface area contributed by atoms with E-state index in [2.05, 4.69) is 28.8 Å². The lowest BCUT2D eigenvalue weighted by atomic mass is 9.94. The van der Waals surface area contributed by atoms with Gasteiger partial charge < -0.3 is 10.6 Å².